The quantitative estimate of drug-likeness (QED) is 0.410. The maximum absolute atomic E-state index is 11.9. The molecule has 0 aliphatic carbocycles. The number of hydrogen-bond acceptors (Lipinski definition) is 3. The molecule has 2 aromatic carbocycles. The highest BCUT2D eigenvalue weighted by atomic mass is 32.2. The molecule has 0 atom stereocenters. The molecule has 0 bridgehead atoms. The van der Waals surface area contributed by atoms with Gasteiger partial charge in [-0.3, -0.25) is 4.79 Å². The van der Waals surface area contributed by atoms with Crippen LogP contribution in [-0.4, -0.2) is 17.4 Å². The van der Waals surface area contributed by atoms with E-state index in [2.05, 4.69) is 60.8 Å². The second kappa shape index (κ2) is 9.42. The van der Waals surface area contributed by atoms with E-state index in [4.69, 9.17) is 0 Å². The van der Waals surface area contributed by atoms with Crippen molar-refractivity contribution in [1.29, 1.82) is 0 Å². The molecule has 2 rings (SSSR count). The van der Waals surface area contributed by atoms with Gasteiger partial charge in [-0.15, -0.1) is 11.8 Å². The van der Waals surface area contributed by atoms with Crippen molar-refractivity contribution in [1.82, 2.24) is 5.43 Å². The van der Waals surface area contributed by atoms with Crippen LogP contribution in [0.15, 0.2) is 70.7 Å². The molecule has 0 heterocycles. The van der Waals surface area contributed by atoms with Gasteiger partial charge >= 0.3 is 0 Å². The summed E-state index contributed by atoms with van der Waals surface area (Å²) in [5.74, 6) is 0.709. The van der Waals surface area contributed by atoms with Crippen LogP contribution in [0.4, 0.5) is 0 Å². The van der Waals surface area contributed by atoms with E-state index < -0.39 is 0 Å². The Morgan fingerprint density at radius 1 is 1.04 bits per heavy atom. The fraction of sp³-hybridized carbons (Fsp3) is 0.333. The van der Waals surface area contributed by atoms with E-state index in [0.29, 0.717) is 6.42 Å². The Bertz CT molecular complexity index is 696. The first-order valence-electron chi connectivity index (χ1n) is 8.53. The minimum absolute atomic E-state index is 0.0112. The van der Waals surface area contributed by atoms with Gasteiger partial charge in [0.15, 0.2) is 0 Å². The van der Waals surface area contributed by atoms with Gasteiger partial charge in [0, 0.05) is 22.8 Å². The average Bonchev–Trinajstić information content (AvgIpc) is 2.61. The van der Waals surface area contributed by atoms with Gasteiger partial charge in [0.05, 0.1) is 0 Å². The van der Waals surface area contributed by atoms with Crippen molar-refractivity contribution in [2.75, 3.05) is 5.75 Å². The van der Waals surface area contributed by atoms with Gasteiger partial charge in [-0.05, 0) is 36.5 Å². The highest BCUT2D eigenvalue weighted by Crippen LogP contribution is 2.27. The van der Waals surface area contributed by atoms with Crippen molar-refractivity contribution in [3.63, 3.8) is 0 Å². The zero-order valence-electron chi connectivity index (χ0n) is 15.2. The number of carbonyl (C=O) groups is 1. The molecule has 0 spiro atoms. The molecule has 1 N–H and O–H groups in total. The van der Waals surface area contributed by atoms with Crippen molar-refractivity contribution < 1.29 is 4.79 Å². The largest absolute Gasteiger partial charge is 0.273 e. The van der Waals surface area contributed by atoms with Gasteiger partial charge in [-0.25, -0.2) is 5.43 Å². The Labute approximate surface area is 154 Å². The summed E-state index contributed by atoms with van der Waals surface area (Å²) < 4.78 is 0. The smallest absolute Gasteiger partial charge is 0.240 e. The van der Waals surface area contributed by atoms with Crippen LogP contribution in [0.25, 0.3) is 0 Å². The Morgan fingerprint density at radius 3 is 2.28 bits per heavy atom. The number of amides is 1. The maximum atomic E-state index is 11.9. The molecular formula is C21H26N2OS. The number of thioether (sulfide) groups is 1. The van der Waals surface area contributed by atoms with Crippen LogP contribution in [0.1, 0.15) is 39.2 Å². The van der Waals surface area contributed by atoms with Crippen LogP contribution < -0.4 is 5.43 Å². The number of benzene rings is 2. The molecule has 25 heavy (non-hydrogen) atoms. The first-order chi connectivity index (χ1) is 12.0. The van der Waals surface area contributed by atoms with E-state index in [1.807, 2.05) is 31.2 Å². The molecule has 3 nitrogen and oxygen atoms in total. The van der Waals surface area contributed by atoms with Crippen LogP contribution in [0.2, 0.25) is 0 Å². The molecule has 0 radical (unpaired) electrons. The maximum Gasteiger partial charge on any atom is 0.240 e. The molecule has 0 unspecified atom stereocenters. The lowest BCUT2D eigenvalue weighted by Gasteiger charge is -2.25. The minimum atomic E-state index is -0.0414. The summed E-state index contributed by atoms with van der Waals surface area (Å²) in [5, 5.41) is 4.27. The van der Waals surface area contributed by atoms with Crippen molar-refractivity contribution in [3.8, 4) is 0 Å². The first-order valence-corrected chi connectivity index (χ1v) is 9.51. The second-order valence-corrected chi connectivity index (χ2v) is 7.89. The average molecular weight is 355 g/mol. The Kier molecular flexibility index (Phi) is 7.26. The number of carbonyl (C=O) groups excluding carboxylic acids is 1. The summed E-state index contributed by atoms with van der Waals surface area (Å²) in [6, 6.07) is 20.5. The fourth-order valence-electron chi connectivity index (χ4n) is 2.66. The van der Waals surface area contributed by atoms with Crippen LogP contribution in [-0.2, 0) is 10.2 Å². The number of hydrazone groups is 1. The Balaban J connectivity index is 1.77. The molecule has 1 amide bonds. The summed E-state index contributed by atoms with van der Waals surface area (Å²) in [7, 11) is 0. The van der Waals surface area contributed by atoms with Crippen molar-refractivity contribution >= 4 is 23.4 Å². The molecule has 4 heteroatoms. The second-order valence-electron chi connectivity index (χ2n) is 6.72. The SMILES string of the molecule is C/C(CC(C)(C)c1ccccc1)=N\NC(=O)CCSc1ccccc1. The lowest BCUT2D eigenvalue weighted by molar-refractivity contribution is -0.120. The monoisotopic (exact) mass is 354 g/mol. The predicted molar refractivity (Wildman–Crippen MR) is 107 cm³/mol. The number of nitrogens with one attached hydrogen (secondary N) is 1. The van der Waals surface area contributed by atoms with Gasteiger partial charge in [0.1, 0.15) is 0 Å². The first kappa shape index (κ1) is 19.3. The van der Waals surface area contributed by atoms with Crippen molar-refractivity contribution in [3.05, 3.63) is 66.2 Å². The van der Waals surface area contributed by atoms with E-state index >= 15 is 0 Å². The summed E-state index contributed by atoms with van der Waals surface area (Å²) >= 11 is 1.68. The lowest BCUT2D eigenvalue weighted by Crippen LogP contribution is -2.24. The molecular weight excluding hydrogens is 328 g/mol. The molecule has 2 aromatic rings. The molecule has 0 aromatic heterocycles. The zero-order valence-corrected chi connectivity index (χ0v) is 16.0. The highest BCUT2D eigenvalue weighted by Gasteiger charge is 2.21. The van der Waals surface area contributed by atoms with E-state index in [-0.39, 0.29) is 11.3 Å². The number of nitrogens with zero attached hydrogens (tertiary/aromatic N) is 1. The number of rotatable bonds is 8. The van der Waals surface area contributed by atoms with E-state index in [0.717, 1.165) is 17.9 Å². The van der Waals surface area contributed by atoms with E-state index in [9.17, 15) is 4.79 Å². The van der Waals surface area contributed by atoms with Gasteiger partial charge in [0.2, 0.25) is 5.91 Å². The van der Waals surface area contributed by atoms with Crippen LogP contribution in [0.3, 0.4) is 0 Å². The number of hydrogen-bond donors (Lipinski definition) is 1. The molecule has 132 valence electrons. The van der Waals surface area contributed by atoms with Gasteiger partial charge in [-0.2, -0.15) is 5.10 Å². The van der Waals surface area contributed by atoms with E-state index in [1.165, 1.54) is 10.5 Å². The lowest BCUT2D eigenvalue weighted by atomic mass is 9.80. The predicted octanol–water partition coefficient (Wildman–Crippen LogP) is 5.03. The highest BCUT2D eigenvalue weighted by molar-refractivity contribution is 7.99. The fourth-order valence-corrected chi connectivity index (χ4v) is 3.54. The molecule has 0 saturated heterocycles. The van der Waals surface area contributed by atoms with Gasteiger partial charge in [0.25, 0.3) is 0 Å². The third-order valence-corrected chi connectivity index (χ3v) is 4.98. The normalized spacial score (nSPS) is 12.0. The van der Waals surface area contributed by atoms with Crippen molar-refractivity contribution in [2.45, 2.75) is 43.9 Å². The molecule has 0 aliphatic heterocycles. The van der Waals surface area contributed by atoms with Gasteiger partial charge < -0.3 is 0 Å². The third kappa shape index (κ3) is 6.75. The summed E-state index contributed by atoms with van der Waals surface area (Å²) in [6.07, 6.45) is 1.26. The summed E-state index contributed by atoms with van der Waals surface area (Å²) in [4.78, 5) is 13.1. The standard InChI is InChI=1S/C21H26N2OS/c1-17(16-21(2,3)18-10-6-4-7-11-18)22-23-20(24)14-15-25-19-12-8-5-9-13-19/h4-13H,14-16H2,1-3H3,(H,23,24)/b22-17+. The van der Waals surface area contributed by atoms with E-state index in [1.54, 1.807) is 11.8 Å². The summed E-state index contributed by atoms with van der Waals surface area (Å²) in [5.41, 5.74) is 4.87. The summed E-state index contributed by atoms with van der Waals surface area (Å²) in [6.45, 7) is 6.35. The van der Waals surface area contributed by atoms with Crippen LogP contribution in [0.5, 0.6) is 0 Å². The van der Waals surface area contributed by atoms with Crippen LogP contribution >= 0.6 is 11.8 Å². The molecule has 0 fully saturated rings. The van der Waals surface area contributed by atoms with Gasteiger partial charge in [-0.1, -0.05) is 62.4 Å². The molecule has 0 aliphatic rings. The van der Waals surface area contributed by atoms with Crippen molar-refractivity contribution in [2.24, 2.45) is 5.10 Å². The molecule has 0 saturated carbocycles. The third-order valence-electron chi connectivity index (χ3n) is 3.97. The zero-order chi connectivity index (χ0) is 18.1. The minimum Gasteiger partial charge on any atom is -0.273 e. The Hall–Kier alpha value is -2.07. The Morgan fingerprint density at radius 2 is 1.64 bits per heavy atom. The van der Waals surface area contributed by atoms with Crippen LogP contribution in [0, 0.1) is 0 Å². The topological polar surface area (TPSA) is 41.5 Å².